The summed E-state index contributed by atoms with van der Waals surface area (Å²) in [5.74, 6) is 0.384. The van der Waals surface area contributed by atoms with Gasteiger partial charge in [0.25, 0.3) is 11.8 Å². The summed E-state index contributed by atoms with van der Waals surface area (Å²) in [6.45, 7) is 2.20. The lowest BCUT2D eigenvalue weighted by Crippen LogP contribution is -2.34. The van der Waals surface area contributed by atoms with Crippen molar-refractivity contribution in [3.63, 3.8) is 0 Å². The maximum atomic E-state index is 12.0. The van der Waals surface area contributed by atoms with Gasteiger partial charge in [0, 0.05) is 16.1 Å². The molecule has 142 valence electrons. The Kier molecular flexibility index (Phi) is 7.63. The number of ether oxygens (including phenoxy) is 2. The highest BCUT2D eigenvalue weighted by Gasteiger charge is 2.08. The number of amides is 2. The van der Waals surface area contributed by atoms with E-state index in [1.165, 1.54) is 19.4 Å². The Labute approximate surface area is 162 Å². The first-order valence-electron chi connectivity index (χ1n) is 8.20. The lowest BCUT2D eigenvalue weighted by Gasteiger charge is -2.08. The quantitative estimate of drug-likeness (QED) is 0.536. The molecule has 2 amide bonds. The summed E-state index contributed by atoms with van der Waals surface area (Å²) < 4.78 is 10.7. The lowest BCUT2D eigenvalue weighted by molar-refractivity contribution is -0.120. The average molecular weight is 390 g/mol. The molecule has 7 nitrogen and oxygen atoms in total. The Morgan fingerprint density at radius 2 is 2.04 bits per heavy atom. The number of methoxy groups -OCH3 is 1. The minimum atomic E-state index is -0.471. The molecule has 0 saturated carbocycles. The number of halogens is 1. The summed E-state index contributed by atoms with van der Waals surface area (Å²) in [5, 5.41) is 6.82. The van der Waals surface area contributed by atoms with Crippen molar-refractivity contribution in [2.24, 2.45) is 5.10 Å². The highest BCUT2D eigenvalue weighted by atomic mass is 35.5. The predicted molar refractivity (Wildman–Crippen MR) is 104 cm³/mol. The molecular formula is C19H20ClN3O4. The van der Waals surface area contributed by atoms with Gasteiger partial charge in [-0.15, -0.1) is 0 Å². The van der Waals surface area contributed by atoms with Crippen LogP contribution in [0.1, 0.15) is 22.8 Å². The zero-order valence-electron chi connectivity index (χ0n) is 15.0. The zero-order chi connectivity index (χ0) is 19.6. The van der Waals surface area contributed by atoms with Crippen molar-refractivity contribution in [2.45, 2.75) is 6.92 Å². The summed E-state index contributed by atoms with van der Waals surface area (Å²) in [5.41, 5.74) is 3.36. The smallest absolute Gasteiger partial charge is 0.259 e. The first kappa shape index (κ1) is 20.3. The highest BCUT2D eigenvalue weighted by Crippen LogP contribution is 2.22. The number of hydrogen-bond donors (Lipinski definition) is 2. The summed E-state index contributed by atoms with van der Waals surface area (Å²) >= 11 is 5.84. The lowest BCUT2D eigenvalue weighted by atomic mass is 10.2. The Morgan fingerprint density at radius 1 is 1.22 bits per heavy atom. The van der Waals surface area contributed by atoms with Crippen molar-refractivity contribution < 1.29 is 19.1 Å². The third kappa shape index (κ3) is 6.31. The molecule has 27 heavy (non-hydrogen) atoms. The van der Waals surface area contributed by atoms with E-state index in [1.807, 2.05) is 6.92 Å². The van der Waals surface area contributed by atoms with Gasteiger partial charge in [-0.2, -0.15) is 5.10 Å². The van der Waals surface area contributed by atoms with E-state index in [4.69, 9.17) is 21.1 Å². The highest BCUT2D eigenvalue weighted by molar-refractivity contribution is 6.30. The fourth-order valence-electron chi connectivity index (χ4n) is 2.18. The predicted octanol–water partition coefficient (Wildman–Crippen LogP) is 2.63. The Hall–Kier alpha value is -3.06. The van der Waals surface area contributed by atoms with Gasteiger partial charge in [0.2, 0.25) is 0 Å². The van der Waals surface area contributed by atoms with Gasteiger partial charge in [0.05, 0.1) is 26.5 Å². The molecule has 2 aromatic carbocycles. The van der Waals surface area contributed by atoms with Crippen molar-refractivity contribution in [2.75, 3.05) is 20.3 Å². The van der Waals surface area contributed by atoms with Crippen LogP contribution in [-0.2, 0) is 4.79 Å². The molecule has 0 saturated heterocycles. The maximum Gasteiger partial charge on any atom is 0.259 e. The van der Waals surface area contributed by atoms with E-state index < -0.39 is 11.8 Å². The van der Waals surface area contributed by atoms with Crippen LogP contribution in [0.3, 0.4) is 0 Å². The van der Waals surface area contributed by atoms with Gasteiger partial charge in [0.15, 0.2) is 0 Å². The number of hydrogen-bond acceptors (Lipinski definition) is 5. The normalized spacial score (nSPS) is 10.5. The van der Waals surface area contributed by atoms with Crippen LogP contribution in [0.15, 0.2) is 47.6 Å². The summed E-state index contributed by atoms with van der Waals surface area (Å²) in [7, 11) is 1.54. The average Bonchev–Trinajstić information content (AvgIpc) is 2.66. The van der Waals surface area contributed by atoms with Gasteiger partial charge in [0.1, 0.15) is 11.5 Å². The number of carbonyl (C=O) groups excluding carboxylic acids is 2. The van der Waals surface area contributed by atoms with Crippen LogP contribution in [0.25, 0.3) is 0 Å². The van der Waals surface area contributed by atoms with E-state index in [2.05, 4.69) is 15.8 Å². The number of nitrogens with zero attached hydrogens (tertiary/aromatic N) is 1. The van der Waals surface area contributed by atoms with E-state index in [-0.39, 0.29) is 6.54 Å². The Bertz CT molecular complexity index is 839. The van der Waals surface area contributed by atoms with E-state index in [1.54, 1.807) is 36.4 Å². The molecule has 0 radical (unpaired) electrons. The second-order valence-electron chi connectivity index (χ2n) is 5.32. The molecule has 0 bridgehead atoms. The molecule has 0 aliphatic heterocycles. The van der Waals surface area contributed by atoms with Gasteiger partial charge < -0.3 is 14.8 Å². The number of rotatable bonds is 8. The van der Waals surface area contributed by atoms with Crippen molar-refractivity contribution >= 4 is 29.6 Å². The Balaban J connectivity index is 1.89. The van der Waals surface area contributed by atoms with Crippen molar-refractivity contribution in [3.05, 3.63) is 58.6 Å². The molecule has 0 aromatic heterocycles. The molecule has 0 unspecified atom stereocenters. The molecule has 2 N–H and O–H groups in total. The second kappa shape index (κ2) is 10.2. The minimum Gasteiger partial charge on any atom is -0.496 e. The number of carbonyl (C=O) groups is 2. The van der Waals surface area contributed by atoms with Crippen molar-refractivity contribution in [3.8, 4) is 11.5 Å². The van der Waals surface area contributed by atoms with Gasteiger partial charge in [-0.3, -0.25) is 9.59 Å². The van der Waals surface area contributed by atoms with Crippen LogP contribution < -0.4 is 20.2 Å². The fraction of sp³-hybridized carbons (Fsp3) is 0.211. The monoisotopic (exact) mass is 389 g/mol. The molecular weight excluding hydrogens is 370 g/mol. The molecule has 0 spiro atoms. The van der Waals surface area contributed by atoms with Gasteiger partial charge in [-0.1, -0.05) is 17.7 Å². The van der Waals surface area contributed by atoms with Crippen LogP contribution in [0.4, 0.5) is 0 Å². The van der Waals surface area contributed by atoms with Crippen LogP contribution in [0.2, 0.25) is 5.02 Å². The van der Waals surface area contributed by atoms with Gasteiger partial charge >= 0.3 is 0 Å². The molecule has 0 heterocycles. The summed E-state index contributed by atoms with van der Waals surface area (Å²) in [4.78, 5) is 23.8. The number of hydrazone groups is 1. The molecule has 0 aliphatic rings. The topological polar surface area (TPSA) is 89.0 Å². The first-order valence-corrected chi connectivity index (χ1v) is 8.57. The summed E-state index contributed by atoms with van der Waals surface area (Å²) in [6, 6.07) is 11.7. The second-order valence-corrected chi connectivity index (χ2v) is 5.76. The maximum absolute atomic E-state index is 12.0. The molecule has 8 heteroatoms. The fourth-order valence-corrected chi connectivity index (χ4v) is 2.37. The summed E-state index contributed by atoms with van der Waals surface area (Å²) in [6.07, 6.45) is 1.44. The van der Waals surface area contributed by atoms with E-state index in [0.29, 0.717) is 34.3 Å². The van der Waals surface area contributed by atoms with E-state index in [0.717, 1.165) is 0 Å². The van der Waals surface area contributed by atoms with Gasteiger partial charge in [-0.05, 0) is 43.3 Å². The third-order valence-electron chi connectivity index (χ3n) is 3.40. The van der Waals surface area contributed by atoms with Crippen LogP contribution in [0, 0.1) is 0 Å². The standard InChI is InChI=1S/C19H20ClN3O4/c1-3-27-16-7-8-17(26-2)14(10-16)11-22-23-18(24)12-21-19(25)13-5-4-6-15(20)9-13/h4-11H,3,12H2,1-2H3,(H,21,25)(H,23,24). The largest absolute Gasteiger partial charge is 0.496 e. The Morgan fingerprint density at radius 3 is 2.74 bits per heavy atom. The van der Waals surface area contributed by atoms with Gasteiger partial charge in [-0.25, -0.2) is 5.43 Å². The SMILES string of the molecule is CCOc1ccc(OC)c(C=NNC(=O)CNC(=O)c2cccc(Cl)c2)c1. The minimum absolute atomic E-state index is 0.223. The van der Waals surface area contributed by atoms with E-state index >= 15 is 0 Å². The number of benzene rings is 2. The van der Waals surface area contributed by atoms with E-state index in [9.17, 15) is 9.59 Å². The molecule has 0 fully saturated rings. The molecule has 0 atom stereocenters. The number of nitrogens with one attached hydrogen (secondary N) is 2. The van der Waals surface area contributed by atoms with Crippen LogP contribution in [-0.4, -0.2) is 38.3 Å². The third-order valence-corrected chi connectivity index (χ3v) is 3.64. The first-order chi connectivity index (χ1) is 13.0. The molecule has 2 aromatic rings. The van der Waals surface area contributed by atoms with Crippen molar-refractivity contribution in [1.29, 1.82) is 0 Å². The van der Waals surface area contributed by atoms with Crippen molar-refractivity contribution in [1.82, 2.24) is 10.7 Å². The molecule has 2 rings (SSSR count). The van der Waals surface area contributed by atoms with Crippen LogP contribution in [0.5, 0.6) is 11.5 Å². The molecule has 0 aliphatic carbocycles. The van der Waals surface area contributed by atoms with Crippen LogP contribution >= 0.6 is 11.6 Å². The zero-order valence-corrected chi connectivity index (χ0v) is 15.7.